The van der Waals surface area contributed by atoms with Gasteiger partial charge >= 0.3 is 5.97 Å². The largest absolute Gasteiger partial charge is 0.493 e. The quantitative estimate of drug-likeness (QED) is 0.556. The van der Waals surface area contributed by atoms with Crippen molar-refractivity contribution < 1.29 is 28.5 Å². The number of nitrogens with zero attached hydrogens (tertiary/aromatic N) is 1. The molecule has 31 heavy (non-hydrogen) atoms. The molecule has 0 fully saturated rings. The van der Waals surface area contributed by atoms with E-state index in [1.807, 2.05) is 42.1 Å². The zero-order valence-corrected chi connectivity index (χ0v) is 17.8. The molecule has 0 saturated heterocycles. The second kappa shape index (κ2) is 9.71. The SMILES string of the molecule is COc1cc(NC(=O)COC(=O)c2ccc(C)c(-n3cccc3)c2)cc(OC)c1OC. The summed E-state index contributed by atoms with van der Waals surface area (Å²) in [6, 6.07) is 12.2. The van der Waals surface area contributed by atoms with Crippen LogP contribution < -0.4 is 19.5 Å². The average molecular weight is 424 g/mol. The number of carbonyl (C=O) groups excluding carboxylic acids is 2. The van der Waals surface area contributed by atoms with Crippen LogP contribution in [0.15, 0.2) is 54.9 Å². The molecular weight excluding hydrogens is 400 g/mol. The molecule has 0 bridgehead atoms. The van der Waals surface area contributed by atoms with Gasteiger partial charge < -0.3 is 28.8 Å². The van der Waals surface area contributed by atoms with Crippen LogP contribution in [0.25, 0.3) is 5.69 Å². The zero-order valence-electron chi connectivity index (χ0n) is 17.8. The molecule has 162 valence electrons. The van der Waals surface area contributed by atoms with Gasteiger partial charge in [0.1, 0.15) is 0 Å². The number of amides is 1. The molecule has 0 radical (unpaired) electrons. The third kappa shape index (κ3) is 4.98. The van der Waals surface area contributed by atoms with E-state index >= 15 is 0 Å². The summed E-state index contributed by atoms with van der Waals surface area (Å²) in [5, 5.41) is 2.66. The van der Waals surface area contributed by atoms with Crippen molar-refractivity contribution in [3.63, 3.8) is 0 Å². The first-order chi connectivity index (χ1) is 15.0. The van der Waals surface area contributed by atoms with Crippen LogP contribution in [0.2, 0.25) is 0 Å². The highest BCUT2D eigenvalue weighted by Gasteiger charge is 2.16. The molecule has 1 aromatic heterocycles. The number of benzene rings is 2. The van der Waals surface area contributed by atoms with Crippen LogP contribution in [0.1, 0.15) is 15.9 Å². The number of nitrogens with one attached hydrogen (secondary N) is 1. The maximum Gasteiger partial charge on any atom is 0.338 e. The van der Waals surface area contributed by atoms with E-state index in [1.54, 1.807) is 24.3 Å². The number of aromatic nitrogens is 1. The Bertz CT molecular complexity index is 1050. The van der Waals surface area contributed by atoms with E-state index in [0.29, 0.717) is 28.5 Å². The minimum atomic E-state index is -0.589. The molecule has 0 aliphatic carbocycles. The highest BCUT2D eigenvalue weighted by molar-refractivity contribution is 5.96. The van der Waals surface area contributed by atoms with Crippen molar-refractivity contribution in [2.45, 2.75) is 6.92 Å². The molecule has 1 amide bonds. The summed E-state index contributed by atoms with van der Waals surface area (Å²) in [6.45, 7) is 1.51. The normalized spacial score (nSPS) is 10.3. The zero-order chi connectivity index (χ0) is 22.4. The van der Waals surface area contributed by atoms with Gasteiger partial charge in [0.15, 0.2) is 18.1 Å². The fraction of sp³-hybridized carbons (Fsp3) is 0.217. The van der Waals surface area contributed by atoms with E-state index in [0.717, 1.165) is 11.3 Å². The van der Waals surface area contributed by atoms with Crippen molar-refractivity contribution in [1.82, 2.24) is 4.57 Å². The van der Waals surface area contributed by atoms with Gasteiger partial charge in [0.25, 0.3) is 5.91 Å². The first-order valence-corrected chi connectivity index (χ1v) is 9.47. The highest BCUT2D eigenvalue weighted by Crippen LogP contribution is 2.39. The van der Waals surface area contributed by atoms with Crippen molar-refractivity contribution in [2.24, 2.45) is 0 Å². The molecule has 0 atom stereocenters. The summed E-state index contributed by atoms with van der Waals surface area (Å²) >= 11 is 0. The maximum atomic E-state index is 12.5. The van der Waals surface area contributed by atoms with Gasteiger partial charge in [-0.2, -0.15) is 0 Å². The fourth-order valence-corrected chi connectivity index (χ4v) is 3.07. The van der Waals surface area contributed by atoms with Crippen molar-refractivity contribution in [3.8, 4) is 22.9 Å². The molecule has 0 spiro atoms. The van der Waals surface area contributed by atoms with Crippen molar-refractivity contribution in [1.29, 1.82) is 0 Å². The number of aryl methyl sites for hydroxylation is 1. The Kier molecular flexibility index (Phi) is 6.81. The number of hydrogen-bond acceptors (Lipinski definition) is 6. The Morgan fingerprint density at radius 2 is 1.58 bits per heavy atom. The standard InChI is InChI=1S/C23H24N2O6/c1-15-7-8-16(11-18(15)25-9-5-6-10-25)23(27)31-14-21(26)24-17-12-19(28-2)22(30-4)20(13-17)29-3/h5-13H,14H2,1-4H3,(H,24,26). The monoisotopic (exact) mass is 424 g/mol. The number of esters is 1. The van der Waals surface area contributed by atoms with Gasteiger partial charge in [0, 0.05) is 35.9 Å². The first kappa shape index (κ1) is 21.8. The predicted octanol–water partition coefficient (Wildman–Crippen LogP) is 3.61. The van der Waals surface area contributed by atoms with E-state index in [-0.39, 0.29) is 0 Å². The molecule has 2 aromatic carbocycles. The van der Waals surface area contributed by atoms with Crippen molar-refractivity contribution in [2.75, 3.05) is 33.3 Å². The van der Waals surface area contributed by atoms with Gasteiger partial charge in [-0.05, 0) is 36.8 Å². The fourth-order valence-electron chi connectivity index (χ4n) is 3.07. The molecule has 1 N–H and O–H groups in total. The van der Waals surface area contributed by atoms with Gasteiger partial charge in [0.05, 0.1) is 26.9 Å². The number of ether oxygens (including phenoxy) is 4. The molecule has 3 aromatic rings. The lowest BCUT2D eigenvalue weighted by molar-refractivity contribution is -0.119. The summed E-state index contributed by atoms with van der Waals surface area (Å²) in [5.41, 5.74) is 2.64. The van der Waals surface area contributed by atoms with Crippen LogP contribution in [0.4, 0.5) is 5.69 Å². The Labute approximate surface area is 180 Å². The molecule has 8 nitrogen and oxygen atoms in total. The number of methoxy groups -OCH3 is 3. The lowest BCUT2D eigenvalue weighted by Crippen LogP contribution is -2.21. The number of hydrogen-bond donors (Lipinski definition) is 1. The molecule has 3 rings (SSSR count). The number of rotatable bonds is 8. The minimum Gasteiger partial charge on any atom is -0.493 e. The topological polar surface area (TPSA) is 88.0 Å². The van der Waals surface area contributed by atoms with Gasteiger partial charge in [-0.25, -0.2) is 4.79 Å². The lowest BCUT2D eigenvalue weighted by Gasteiger charge is -2.14. The smallest absolute Gasteiger partial charge is 0.338 e. The average Bonchev–Trinajstić information content (AvgIpc) is 3.31. The summed E-state index contributed by atoms with van der Waals surface area (Å²) in [6.07, 6.45) is 3.78. The van der Waals surface area contributed by atoms with Gasteiger partial charge in [0.2, 0.25) is 5.75 Å². The summed E-state index contributed by atoms with van der Waals surface area (Å²) in [7, 11) is 4.45. The summed E-state index contributed by atoms with van der Waals surface area (Å²) in [4.78, 5) is 24.8. The van der Waals surface area contributed by atoms with Crippen LogP contribution in [-0.2, 0) is 9.53 Å². The molecule has 0 unspecified atom stereocenters. The third-order valence-corrected chi connectivity index (χ3v) is 4.61. The Morgan fingerprint density at radius 1 is 0.935 bits per heavy atom. The van der Waals surface area contributed by atoms with Crippen molar-refractivity contribution >= 4 is 17.6 Å². The van der Waals surface area contributed by atoms with Crippen LogP contribution in [-0.4, -0.2) is 44.4 Å². The van der Waals surface area contributed by atoms with Crippen LogP contribution in [0.3, 0.4) is 0 Å². The van der Waals surface area contributed by atoms with Gasteiger partial charge in [-0.15, -0.1) is 0 Å². The van der Waals surface area contributed by atoms with E-state index in [1.165, 1.54) is 21.3 Å². The Balaban J connectivity index is 1.66. The van der Waals surface area contributed by atoms with Crippen molar-refractivity contribution in [3.05, 3.63) is 66.0 Å². The summed E-state index contributed by atoms with van der Waals surface area (Å²) in [5.74, 6) is 0.110. The molecule has 8 heteroatoms. The predicted molar refractivity (Wildman–Crippen MR) is 116 cm³/mol. The van der Waals surface area contributed by atoms with Crippen LogP contribution in [0.5, 0.6) is 17.2 Å². The van der Waals surface area contributed by atoms with E-state index < -0.39 is 18.5 Å². The Hall–Kier alpha value is -3.94. The number of anilines is 1. The second-order valence-corrected chi connectivity index (χ2v) is 6.63. The second-order valence-electron chi connectivity index (χ2n) is 6.63. The molecule has 0 aliphatic heterocycles. The third-order valence-electron chi connectivity index (χ3n) is 4.61. The Morgan fingerprint density at radius 3 is 2.16 bits per heavy atom. The van der Waals surface area contributed by atoms with Gasteiger partial charge in [-0.3, -0.25) is 4.79 Å². The molecular formula is C23H24N2O6. The minimum absolute atomic E-state index is 0.356. The van der Waals surface area contributed by atoms with Crippen LogP contribution >= 0.6 is 0 Å². The first-order valence-electron chi connectivity index (χ1n) is 9.47. The highest BCUT2D eigenvalue weighted by atomic mass is 16.5. The molecule has 0 aliphatic rings. The number of carbonyl (C=O) groups is 2. The lowest BCUT2D eigenvalue weighted by atomic mass is 10.1. The molecule has 1 heterocycles. The maximum absolute atomic E-state index is 12.5. The summed E-state index contributed by atoms with van der Waals surface area (Å²) < 4.78 is 22.9. The van der Waals surface area contributed by atoms with Crippen LogP contribution in [0, 0.1) is 6.92 Å². The van der Waals surface area contributed by atoms with E-state index in [9.17, 15) is 9.59 Å². The van der Waals surface area contributed by atoms with Gasteiger partial charge in [-0.1, -0.05) is 6.07 Å². The van der Waals surface area contributed by atoms with E-state index in [4.69, 9.17) is 18.9 Å². The molecule has 0 saturated carbocycles. The van der Waals surface area contributed by atoms with E-state index in [2.05, 4.69) is 5.32 Å².